The van der Waals surface area contributed by atoms with E-state index in [0.717, 1.165) is 28.9 Å². The summed E-state index contributed by atoms with van der Waals surface area (Å²) in [7, 11) is 0. The number of ether oxygens (including phenoxy) is 1. The van der Waals surface area contributed by atoms with Crippen molar-refractivity contribution in [3.8, 4) is 5.75 Å². The first-order valence-electron chi connectivity index (χ1n) is 8.04. The van der Waals surface area contributed by atoms with Gasteiger partial charge in [0.2, 0.25) is 0 Å². The zero-order valence-corrected chi connectivity index (χ0v) is 14.9. The van der Waals surface area contributed by atoms with Crippen molar-refractivity contribution in [1.82, 2.24) is 10.6 Å². The highest BCUT2D eigenvalue weighted by Gasteiger charge is 2.10. The number of hydrogen-bond acceptors (Lipinski definition) is 4. The summed E-state index contributed by atoms with van der Waals surface area (Å²) in [4.78, 5) is 11.9. The number of amides is 2. The van der Waals surface area contributed by atoms with Crippen molar-refractivity contribution < 1.29 is 14.6 Å². The minimum Gasteiger partial charge on any atom is -0.493 e. The summed E-state index contributed by atoms with van der Waals surface area (Å²) in [6, 6.07) is 7.46. The van der Waals surface area contributed by atoms with Crippen LogP contribution < -0.4 is 15.4 Å². The lowest BCUT2D eigenvalue weighted by molar-refractivity contribution is 0.173. The number of thiophene rings is 1. The number of rotatable bonds is 8. The van der Waals surface area contributed by atoms with Gasteiger partial charge in [0.25, 0.3) is 0 Å². The van der Waals surface area contributed by atoms with Crippen molar-refractivity contribution in [3.05, 3.63) is 51.7 Å². The summed E-state index contributed by atoms with van der Waals surface area (Å²) >= 11 is 1.52. The number of aliphatic hydroxyl groups is 1. The van der Waals surface area contributed by atoms with Crippen molar-refractivity contribution in [3.63, 3.8) is 0 Å². The second-order valence-corrected chi connectivity index (χ2v) is 6.38. The molecule has 0 fully saturated rings. The first-order chi connectivity index (χ1) is 11.6. The molecule has 1 unspecified atom stereocenters. The zero-order valence-electron chi connectivity index (χ0n) is 14.0. The van der Waals surface area contributed by atoms with E-state index in [2.05, 4.69) is 17.6 Å². The van der Waals surface area contributed by atoms with Gasteiger partial charge in [0.05, 0.1) is 12.7 Å². The maximum atomic E-state index is 11.9. The van der Waals surface area contributed by atoms with Crippen LogP contribution in [-0.4, -0.2) is 24.3 Å². The largest absolute Gasteiger partial charge is 0.493 e. The third kappa shape index (κ3) is 5.54. The van der Waals surface area contributed by atoms with Crippen LogP contribution in [0.25, 0.3) is 0 Å². The van der Waals surface area contributed by atoms with Crippen molar-refractivity contribution in [2.24, 2.45) is 0 Å². The molecule has 6 heteroatoms. The van der Waals surface area contributed by atoms with Crippen molar-refractivity contribution in [2.45, 2.75) is 32.9 Å². The first kappa shape index (κ1) is 18.3. The molecular formula is C18H24N2O3S. The van der Waals surface area contributed by atoms with Crippen LogP contribution in [0.4, 0.5) is 4.79 Å². The van der Waals surface area contributed by atoms with Crippen LogP contribution in [0.3, 0.4) is 0 Å². The molecule has 1 aromatic heterocycles. The lowest BCUT2D eigenvalue weighted by atomic mass is 10.1. The van der Waals surface area contributed by atoms with E-state index in [1.165, 1.54) is 11.3 Å². The Bertz CT molecular complexity index is 644. The lowest BCUT2D eigenvalue weighted by Gasteiger charge is -2.14. The third-order valence-electron chi connectivity index (χ3n) is 3.51. The Hall–Kier alpha value is -2.05. The summed E-state index contributed by atoms with van der Waals surface area (Å²) in [6.07, 6.45) is 0.242. The number of urea groups is 1. The van der Waals surface area contributed by atoms with E-state index in [0.29, 0.717) is 13.2 Å². The Morgan fingerprint density at radius 3 is 2.88 bits per heavy atom. The second kappa shape index (κ2) is 9.30. The molecule has 2 aromatic rings. The first-order valence-corrected chi connectivity index (χ1v) is 8.98. The molecule has 0 aliphatic heterocycles. The van der Waals surface area contributed by atoms with Gasteiger partial charge in [-0.3, -0.25) is 0 Å². The molecular weight excluding hydrogens is 324 g/mol. The monoisotopic (exact) mass is 348 g/mol. The van der Waals surface area contributed by atoms with Gasteiger partial charge in [-0.1, -0.05) is 19.1 Å². The van der Waals surface area contributed by atoms with E-state index in [4.69, 9.17) is 4.74 Å². The molecule has 1 aromatic carbocycles. The molecule has 0 saturated heterocycles. The predicted octanol–water partition coefficient (Wildman–Crippen LogP) is 3.38. The van der Waals surface area contributed by atoms with Gasteiger partial charge in [-0.15, -0.1) is 0 Å². The zero-order chi connectivity index (χ0) is 17.4. The normalized spacial score (nSPS) is 11.8. The van der Waals surface area contributed by atoms with E-state index in [1.807, 2.05) is 41.9 Å². The van der Waals surface area contributed by atoms with E-state index in [9.17, 15) is 9.90 Å². The average molecular weight is 348 g/mol. The summed E-state index contributed by atoms with van der Waals surface area (Å²) in [5, 5.41) is 19.2. The fraction of sp³-hybridized carbons (Fsp3) is 0.389. The van der Waals surface area contributed by atoms with Gasteiger partial charge >= 0.3 is 6.03 Å². The van der Waals surface area contributed by atoms with Crippen LogP contribution in [0.15, 0.2) is 35.0 Å². The molecule has 0 radical (unpaired) electrons. The smallest absolute Gasteiger partial charge is 0.315 e. The van der Waals surface area contributed by atoms with Crippen LogP contribution in [0.2, 0.25) is 0 Å². The number of nitrogens with one attached hydrogen (secondary N) is 2. The molecule has 1 atom stereocenters. The molecule has 24 heavy (non-hydrogen) atoms. The number of aliphatic hydroxyl groups excluding tert-OH is 1. The number of aryl methyl sites for hydroxylation is 1. The molecule has 1 heterocycles. The van der Waals surface area contributed by atoms with Crippen LogP contribution in [0.1, 0.15) is 36.1 Å². The van der Waals surface area contributed by atoms with Gasteiger partial charge in [0.15, 0.2) is 0 Å². The fourth-order valence-electron chi connectivity index (χ4n) is 2.16. The molecule has 0 saturated carbocycles. The molecule has 2 rings (SSSR count). The Labute approximate surface area is 146 Å². The Balaban J connectivity index is 1.83. The molecule has 2 amide bonds. The van der Waals surface area contributed by atoms with E-state index in [1.54, 1.807) is 0 Å². The van der Waals surface area contributed by atoms with E-state index < -0.39 is 6.10 Å². The van der Waals surface area contributed by atoms with Crippen molar-refractivity contribution in [1.29, 1.82) is 0 Å². The molecule has 0 bridgehead atoms. The predicted molar refractivity (Wildman–Crippen MR) is 96.5 cm³/mol. The fourth-order valence-corrected chi connectivity index (χ4v) is 2.87. The average Bonchev–Trinajstić information content (AvgIpc) is 3.11. The maximum Gasteiger partial charge on any atom is 0.315 e. The van der Waals surface area contributed by atoms with E-state index >= 15 is 0 Å². The topological polar surface area (TPSA) is 70.6 Å². The van der Waals surface area contributed by atoms with Crippen LogP contribution in [0.5, 0.6) is 5.75 Å². The highest BCUT2D eigenvalue weighted by atomic mass is 32.1. The van der Waals surface area contributed by atoms with Gasteiger partial charge in [0.1, 0.15) is 5.75 Å². The van der Waals surface area contributed by atoms with Gasteiger partial charge in [0, 0.05) is 18.7 Å². The third-order valence-corrected chi connectivity index (χ3v) is 4.21. The SMILES string of the molecule is CCCOc1cc(C)ccc1CNC(=O)NCC(O)c1ccsc1. The quantitative estimate of drug-likeness (QED) is 0.685. The Morgan fingerprint density at radius 2 is 2.17 bits per heavy atom. The Kier molecular flexibility index (Phi) is 7.08. The standard InChI is InChI=1S/C18H24N2O3S/c1-3-7-23-17-9-13(2)4-5-14(17)10-19-18(22)20-11-16(21)15-6-8-24-12-15/h4-6,8-9,12,16,21H,3,7,10-11H2,1-2H3,(H2,19,20,22). The van der Waals surface area contributed by atoms with Crippen LogP contribution >= 0.6 is 11.3 Å². The summed E-state index contributed by atoms with van der Waals surface area (Å²) in [6.45, 7) is 5.26. The minimum absolute atomic E-state index is 0.176. The second-order valence-electron chi connectivity index (χ2n) is 5.60. The molecule has 0 spiro atoms. The maximum absolute atomic E-state index is 11.9. The van der Waals surface area contributed by atoms with Crippen molar-refractivity contribution in [2.75, 3.05) is 13.2 Å². The van der Waals surface area contributed by atoms with Gasteiger partial charge in [-0.25, -0.2) is 4.79 Å². The Morgan fingerprint density at radius 1 is 1.33 bits per heavy atom. The number of hydrogen-bond donors (Lipinski definition) is 3. The number of carbonyl (C=O) groups excluding carboxylic acids is 1. The summed E-state index contributed by atoms with van der Waals surface area (Å²) in [5.74, 6) is 0.801. The highest BCUT2D eigenvalue weighted by molar-refractivity contribution is 7.07. The molecule has 130 valence electrons. The van der Waals surface area contributed by atoms with Crippen LogP contribution in [-0.2, 0) is 6.54 Å². The number of benzene rings is 1. The van der Waals surface area contributed by atoms with Gasteiger partial charge in [-0.2, -0.15) is 11.3 Å². The van der Waals surface area contributed by atoms with E-state index in [-0.39, 0.29) is 12.6 Å². The number of carbonyl (C=O) groups is 1. The van der Waals surface area contributed by atoms with Crippen LogP contribution in [0, 0.1) is 6.92 Å². The minimum atomic E-state index is -0.690. The van der Waals surface area contributed by atoms with Crippen molar-refractivity contribution >= 4 is 17.4 Å². The molecule has 0 aliphatic carbocycles. The summed E-state index contributed by atoms with van der Waals surface area (Å²) < 4.78 is 5.74. The lowest BCUT2D eigenvalue weighted by Crippen LogP contribution is -2.37. The van der Waals surface area contributed by atoms with Gasteiger partial charge in [-0.05, 0) is 47.4 Å². The molecule has 5 nitrogen and oxygen atoms in total. The molecule has 0 aliphatic rings. The highest BCUT2D eigenvalue weighted by Crippen LogP contribution is 2.20. The summed E-state index contributed by atoms with van der Waals surface area (Å²) in [5.41, 5.74) is 2.87. The molecule has 3 N–H and O–H groups in total. The van der Waals surface area contributed by atoms with Gasteiger partial charge < -0.3 is 20.5 Å².